The van der Waals surface area contributed by atoms with Crippen molar-refractivity contribution < 1.29 is 4.79 Å². The first kappa shape index (κ1) is 17.9. The molecular weight excluding hydrogens is 340 g/mol. The second-order valence-corrected chi connectivity index (χ2v) is 8.06. The summed E-state index contributed by atoms with van der Waals surface area (Å²) >= 11 is 0. The van der Waals surface area contributed by atoms with Gasteiger partial charge in [0.2, 0.25) is 5.91 Å². The molecule has 2 saturated heterocycles. The Balaban J connectivity index is 1.29. The molecular formula is C20H28N6O. The Morgan fingerprint density at radius 2 is 1.74 bits per heavy atom. The molecule has 27 heavy (non-hydrogen) atoms. The van der Waals surface area contributed by atoms with E-state index in [-0.39, 0.29) is 5.91 Å². The van der Waals surface area contributed by atoms with Gasteiger partial charge in [-0.2, -0.15) is 10.2 Å². The highest BCUT2D eigenvalue weighted by Crippen LogP contribution is 2.41. The van der Waals surface area contributed by atoms with Gasteiger partial charge in [-0.15, -0.1) is 5.10 Å². The normalized spacial score (nSPS) is 19.5. The molecule has 7 nitrogen and oxygen atoms in total. The van der Waals surface area contributed by atoms with E-state index in [0.29, 0.717) is 11.8 Å². The number of aromatic nitrogens is 4. The van der Waals surface area contributed by atoms with Crippen LogP contribution in [0.15, 0.2) is 24.4 Å². The highest BCUT2D eigenvalue weighted by molar-refractivity contribution is 5.78. The van der Waals surface area contributed by atoms with Crippen LogP contribution in [0.2, 0.25) is 0 Å². The smallest absolute Gasteiger partial charge is 0.228 e. The molecule has 2 fully saturated rings. The molecule has 4 heterocycles. The van der Waals surface area contributed by atoms with E-state index < -0.39 is 0 Å². The van der Waals surface area contributed by atoms with Gasteiger partial charge in [-0.25, -0.2) is 0 Å². The molecule has 4 rings (SSSR count). The Hall–Kier alpha value is -2.44. The van der Waals surface area contributed by atoms with Gasteiger partial charge in [-0.1, -0.05) is 0 Å². The fourth-order valence-corrected chi connectivity index (χ4v) is 4.33. The number of likely N-dealkylation sites (tertiary alicyclic amines) is 1. The summed E-state index contributed by atoms with van der Waals surface area (Å²) in [6, 6.07) is 6.02. The van der Waals surface area contributed by atoms with Crippen molar-refractivity contribution >= 4 is 11.7 Å². The van der Waals surface area contributed by atoms with Gasteiger partial charge in [-0.05, 0) is 56.2 Å². The Bertz CT molecular complexity index is 781. The number of amides is 1. The molecule has 2 aliphatic heterocycles. The van der Waals surface area contributed by atoms with E-state index >= 15 is 0 Å². The van der Waals surface area contributed by atoms with E-state index in [4.69, 9.17) is 0 Å². The summed E-state index contributed by atoms with van der Waals surface area (Å²) in [6.07, 6.45) is 6.85. The molecule has 144 valence electrons. The van der Waals surface area contributed by atoms with Crippen LogP contribution in [0.3, 0.4) is 0 Å². The standard InChI is InChI=1S/C20H28N6O/c1-16-3-4-18(22-21-16)25-11-6-20(7-12-25)8-13-26(14-9-20)19(27)15-17-5-10-24(2)23-17/h3-5,10H,6-9,11-15H2,1-2H3. The van der Waals surface area contributed by atoms with Crippen molar-refractivity contribution in [2.45, 2.75) is 39.0 Å². The van der Waals surface area contributed by atoms with Crippen LogP contribution in [-0.4, -0.2) is 57.0 Å². The summed E-state index contributed by atoms with van der Waals surface area (Å²) in [6.45, 7) is 5.76. The summed E-state index contributed by atoms with van der Waals surface area (Å²) in [7, 11) is 1.88. The number of aryl methyl sites for hydroxylation is 2. The quantitative estimate of drug-likeness (QED) is 0.829. The van der Waals surface area contributed by atoms with Crippen LogP contribution < -0.4 is 4.90 Å². The van der Waals surface area contributed by atoms with Gasteiger partial charge in [0.1, 0.15) is 0 Å². The third-order valence-corrected chi connectivity index (χ3v) is 6.21. The molecule has 7 heteroatoms. The van der Waals surface area contributed by atoms with E-state index in [1.807, 2.05) is 37.2 Å². The Morgan fingerprint density at radius 3 is 2.33 bits per heavy atom. The molecule has 2 aromatic heterocycles. The monoisotopic (exact) mass is 368 g/mol. The third kappa shape index (κ3) is 3.96. The van der Waals surface area contributed by atoms with Gasteiger partial charge in [0.25, 0.3) is 0 Å². The van der Waals surface area contributed by atoms with E-state index in [9.17, 15) is 4.79 Å². The fourth-order valence-electron chi connectivity index (χ4n) is 4.33. The van der Waals surface area contributed by atoms with Crippen LogP contribution in [0.25, 0.3) is 0 Å². The molecule has 2 aliphatic rings. The highest BCUT2D eigenvalue weighted by Gasteiger charge is 2.38. The lowest BCUT2D eigenvalue weighted by atomic mass is 9.71. The molecule has 1 amide bonds. The maximum atomic E-state index is 12.6. The van der Waals surface area contributed by atoms with Gasteiger partial charge in [-0.3, -0.25) is 9.48 Å². The average molecular weight is 368 g/mol. The lowest BCUT2D eigenvalue weighted by Gasteiger charge is -2.47. The Kier molecular flexibility index (Phi) is 4.85. The van der Waals surface area contributed by atoms with E-state index in [0.717, 1.165) is 56.2 Å². The van der Waals surface area contributed by atoms with Crippen molar-refractivity contribution in [1.29, 1.82) is 0 Å². The van der Waals surface area contributed by atoms with Gasteiger partial charge < -0.3 is 9.80 Å². The van der Waals surface area contributed by atoms with Crippen molar-refractivity contribution in [3.05, 3.63) is 35.8 Å². The topological polar surface area (TPSA) is 67.2 Å². The first-order chi connectivity index (χ1) is 13.0. The van der Waals surface area contributed by atoms with Crippen LogP contribution in [-0.2, 0) is 18.3 Å². The van der Waals surface area contributed by atoms with E-state index in [1.165, 1.54) is 12.8 Å². The maximum absolute atomic E-state index is 12.6. The number of hydrogen-bond acceptors (Lipinski definition) is 5. The van der Waals surface area contributed by atoms with Crippen LogP contribution in [0.1, 0.15) is 37.1 Å². The second kappa shape index (κ2) is 7.29. The minimum atomic E-state index is 0.205. The first-order valence-electron chi connectivity index (χ1n) is 9.85. The number of carbonyl (C=O) groups is 1. The molecule has 0 unspecified atom stereocenters. The molecule has 0 bridgehead atoms. The van der Waals surface area contributed by atoms with Crippen molar-refractivity contribution in [3.63, 3.8) is 0 Å². The third-order valence-electron chi connectivity index (χ3n) is 6.21. The minimum Gasteiger partial charge on any atom is -0.355 e. The molecule has 1 spiro atoms. The zero-order valence-electron chi connectivity index (χ0n) is 16.3. The molecule has 0 aromatic carbocycles. The Labute approximate surface area is 160 Å². The van der Waals surface area contributed by atoms with Gasteiger partial charge in [0, 0.05) is 39.4 Å². The summed E-state index contributed by atoms with van der Waals surface area (Å²) in [5.74, 6) is 1.19. The largest absolute Gasteiger partial charge is 0.355 e. The summed E-state index contributed by atoms with van der Waals surface area (Å²) in [5.41, 5.74) is 2.20. The zero-order valence-corrected chi connectivity index (χ0v) is 16.3. The molecule has 0 radical (unpaired) electrons. The molecule has 0 saturated carbocycles. The number of hydrogen-bond donors (Lipinski definition) is 0. The van der Waals surface area contributed by atoms with Crippen molar-refractivity contribution in [2.75, 3.05) is 31.1 Å². The lowest BCUT2D eigenvalue weighted by Crippen LogP contribution is -2.48. The Morgan fingerprint density at radius 1 is 1.04 bits per heavy atom. The van der Waals surface area contributed by atoms with Crippen LogP contribution in [0.5, 0.6) is 0 Å². The molecule has 0 aliphatic carbocycles. The van der Waals surface area contributed by atoms with Crippen molar-refractivity contribution in [2.24, 2.45) is 12.5 Å². The minimum absolute atomic E-state index is 0.205. The predicted molar refractivity (Wildman–Crippen MR) is 103 cm³/mol. The lowest BCUT2D eigenvalue weighted by molar-refractivity contribution is -0.133. The van der Waals surface area contributed by atoms with Crippen molar-refractivity contribution in [3.8, 4) is 0 Å². The van der Waals surface area contributed by atoms with Gasteiger partial charge in [0.05, 0.1) is 17.8 Å². The second-order valence-electron chi connectivity index (χ2n) is 8.06. The highest BCUT2D eigenvalue weighted by atomic mass is 16.2. The first-order valence-corrected chi connectivity index (χ1v) is 9.85. The number of nitrogens with zero attached hydrogens (tertiary/aromatic N) is 6. The summed E-state index contributed by atoms with van der Waals surface area (Å²) in [4.78, 5) is 16.9. The van der Waals surface area contributed by atoms with Gasteiger partial charge in [0.15, 0.2) is 5.82 Å². The summed E-state index contributed by atoms with van der Waals surface area (Å²) < 4.78 is 1.75. The SMILES string of the molecule is Cc1ccc(N2CCC3(CCN(C(=O)Cc4ccn(C)n4)CC3)CC2)nn1. The average Bonchev–Trinajstić information content (AvgIpc) is 3.08. The number of rotatable bonds is 3. The summed E-state index contributed by atoms with van der Waals surface area (Å²) in [5, 5.41) is 12.8. The van der Waals surface area contributed by atoms with Crippen LogP contribution in [0, 0.1) is 12.3 Å². The zero-order chi connectivity index (χ0) is 18.9. The van der Waals surface area contributed by atoms with Gasteiger partial charge >= 0.3 is 0 Å². The molecule has 0 atom stereocenters. The van der Waals surface area contributed by atoms with E-state index in [2.05, 4.69) is 26.3 Å². The maximum Gasteiger partial charge on any atom is 0.228 e. The number of carbonyl (C=O) groups excluding carboxylic acids is 1. The van der Waals surface area contributed by atoms with E-state index in [1.54, 1.807) is 4.68 Å². The number of anilines is 1. The van der Waals surface area contributed by atoms with Crippen molar-refractivity contribution in [1.82, 2.24) is 24.9 Å². The van der Waals surface area contributed by atoms with Crippen LogP contribution in [0.4, 0.5) is 5.82 Å². The molecule has 0 N–H and O–H groups in total. The molecule has 2 aromatic rings. The number of piperidine rings is 2. The fraction of sp³-hybridized carbons (Fsp3) is 0.600. The predicted octanol–water partition coefficient (Wildman–Crippen LogP) is 1.97. The van der Waals surface area contributed by atoms with Crippen LogP contribution >= 0.6 is 0 Å².